The van der Waals surface area contributed by atoms with Gasteiger partial charge in [-0.1, -0.05) is 37.3 Å². The Kier molecular flexibility index (Phi) is 4.54. The van der Waals surface area contributed by atoms with E-state index in [9.17, 15) is 4.79 Å². The lowest BCUT2D eigenvalue weighted by Crippen LogP contribution is -2.35. The van der Waals surface area contributed by atoms with Gasteiger partial charge in [0.15, 0.2) is 0 Å². The molecule has 3 atom stereocenters. The van der Waals surface area contributed by atoms with Gasteiger partial charge in [-0.3, -0.25) is 4.79 Å². The fourth-order valence-electron chi connectivity index (χ4n) is 2.76. The summed E-state index contributed by atoms with van der Waals surface area (Å²) >= 11 is 0. The average Bonchev–Trinajstić information content (AvgIpc) is 2.37. The van der Waals surface area contributed by atoms with Crippen LogP contribution in [0.5, 0.6) is 0 Å². The number of hydrogen-bond acceptors (Lipinski definition) is 2. The molecular formula is C16H22O2. The van der Waals surface area contributed by atoms with Crippen molar-refractivity contribution in [3.8, 4) is 0 Å². The zero-order chi connectivity index (χ0) is 13.0. The smallest absolute Gasteiger partial charge is 0.135 e. The van der Waals surface area contributed by atoms with Crippen LogP contribution < -0.4 is 0 Å². The molecule has 0 unspecified atom stereocenters. The lowest BCUT2D eigenvalue weighted by Gasteiger charge is -2.33. The second-order valence-electron chi connectivity index (χ2n) is 5.47. The van der Waals surface area contributed by atoms with E-state index in [-0.39, 0.29) is 17.8 Å². The highest BCUT2D eigenvalue weighted by Gasteiger charge is 2.32. The first kappa shape index (κ1) is 13.3. The maximum absolute atomic E-state index is 11.6. The van der Waals surface area contributed by atoms with E-state index in [1.165, 1.54) is 5.56 Å². The molecule has 2 heteroatoms. The molecule has 1 fully saturated rings. The molecular weight excluding hydrogens is 224 g/mol. The Morgan fingerprint density at radius 3 is 2.67 bits per heavy atom. The third-order valence-corrected chi connectivity index (χ3v) is 3.88. The minimum Gasteiger partial charge on any atom is -0.373 e. The minimum atomic E-state index is 0.102. The van der Waals surface area contributed by atoms with E-state index >= 15 is 0 Å². The number of rotatable bonds is 4. The second kappa shape index (κ2) is 6.14. The van der Waals surface area contributed by atoms with Gasteiger partial charge in [-0.05, 0) is 37.7 Å². The number of benzene rings is 1. The van der Waals surface area contributed by atoms with Crippen molar-refractivity contribution in [1.82, 2.24) is 0 Å². The van der Waals surface area contributed by atoms with Gasteiger partial charge < -0.3 is 4.74 Å². The van der Waals surface area contributed by atoms with E-state index in [2.05, 4.69) is 19.1 Å². The van der Waals surface area contributed by atoms with Gasteiger partial charge in [-0.15, -0.1) is 0 Å². The summed E-state index contributed by atoms with van der Waals surface area (Å²) in [6, 6.07) is 10.2. The van der Waals surface area contributed by atoms with E-state index in [0.717, 1.165) is 19.3 Å². The van der Waals surface area contributed by atoms with E-state index in [0.29, 0.717) is 12.5 Å². The van der Waals surface area contributed by atoms with E-state index in [1.807, 2.05) is 18.2 Å². The monoisotopic (exact) mass is 246 g/mol. The number of Topliss-reactive ketones (excluding diaryl/α,β-unsaturated/α-hetero) is 1. The fraction of sp³-hybridized carbons (Fsp3) is 0.562. The highest BCUT2D eigenvalue weighted by atomic mass is 16.5. The van der Waals surface area contributed by atoms with Gasteiger partial charge in [0.2, 0.25) is 0 Å². The Morgan fingerprint density at radius 2 is 2.00 bits per heavy atom. The first-order valence-electron chi connectivity index (χ1n) is 6.83. The van der Waals surface area contributed by atoms with E-state index < -0.39 is 0 Å². The standard InChI is InChI=1S/C16H22O2/c1-12-8-9-15(13(2)17)16(10-12)18-11-14-6-4-3-5-7-14/h3-7,12,15-16H,8-11H2,1-2H3/t12-,15+,16-/m1/s1. The number of ether oxygens (including phenoxy) is 1. The zero-order valence-electron chi connectivity index (χ0n) is 11.3. The van der Waals surface area contributed by atoms with Gasteiger partial charge in [0.05, 0.1) is 12.7 Å². The zero-order valence-corrected chi connectivity index (χ0v) is 11.3. The van der Waals surface area contributed by atoms with Crippen molar-refractivity contribution < 1.29 is 9.53 Å². The van der Waals surface area contributed by atoms with Crippen molar-refractivity contribution in [2.75, 3.05) is 0 Å². The third kappa shape index (κ3) is 3.42. The van der Waals surface area contributed by atoms with Crippen LogP contribution in [0.4, 0.5) is 0 Å². The summed E-state index contributed by atoms with van der Waals surface area (Å²) in [5.74, 6) is 1.05. The number of hydrogen-bond donors (Lipinski definition) is 0. The van der Waals surface area contributed by atoms with Gasteiger partial charge >= 0.3 is 0 Å². The Balaban J connectivity index is 1.94. The highest BCUT2D eigenvalue weighted by Crippen LogP contribution is 2.32. The first-order valence-corrected chi connectivity index (χ1v) is 6.83. The highest BCUT2D eigenvalue weighted by molar-refractivity contribution is 5.79. The summed E-state index contributed by atoms with van der Waals surface area (Å²) < 4.78 is 5.99. The van der Waals surface area contributed by atoms with Gasteiger partial charge in [0.25, 0.3) is 0 Å². The van der Waals surface area contributed by atoms with Gasteiger partial charge in [0, 0.05) is 5.92 Å². The molecule has 1 aromatic carbocycles. The van der Waals surface area contributed by atoms with Crippen LogP contribution >= 0.6 is 0 Å². The molecule has 0 aromatic heterocycles. The van der Waals surface area contributed by atoms with Crippen LogP contribution in [0.3, 0.4) is 0 Å². The van der Waals surface area contributed by atoms with Gasteiger partial charge in [-0.25, -0.2) is 0 Å². The number of ketones is 1. The molecule has 0 bridgehead atoms. The van der Waals surface area contributed by atoms with Crippen LogP contribution in [0.2, 0.25) is 0 Å². The molecule has 1 aliphatic carbocycles. The molecule has 1 aromatic rings. The van der Waals surface area contributed by atoms with Crippen LogP contribution in [0, 0.1) is 11.8 Å². The molecule has 0 radical (unpaired) electrons. The van der Waals surface area contributed by atoms with Crippen molar-refractivity contribution in [3.63, 3.8) is 0 Å². The van der Waals surface area contributed by atoms with Crippen molar-refractivity contribution in [2.45, 2.75) is 45.8 Å². The molecule has 1 aliphatic rings. The summed E-state index contributed by atoms with van der Waals surface area (Å²) in [4.78, 5) is 11.6. The maximum atomic E-state index is 11.6. The van der Waals surface area contributed by atoms with Gasteiger partial charge in [0.1, 0.15) is 5.78 Å². The number of carbonyl (C=O) groups is 1. The lowest BCUT2D eigenvalue weighted by atomic mass is 9.79. The topological polar surface area (TPSA) is 26.3 Å². The Bertz CT molecular complexity index is 385. The molecule has 0 amide bonds. The molecule has 98 valence electrons. The van der Waals surface area contributed by atoms with E-state index in [4.69, 9.17) is 4.74 Å². The minimum absolute atomic E-state index is 0.102. The van der Waals surface area contributed by atoms with Gasteiger partial charge in [-0.2, -0.15) is 0 Å². The molecule has 0 aliphatic heterocycles. The van der Waals surface area contributed by atoms with Crippen molar-refractivity contribution in [1.29, 1.82) is 0 Å². The molecule has 0 N–H and O–H groups in total. The summed E-state index contributed by atoms with van der Waals surface area (Å²) in [5.41, 5.74) is 1.18. The average molecular weight is 246 g/mol. The lowest BCUT2D eigenvalue weighted by molar-refractivity contribution is -0.129. The quantitative estimate of drug-likeness (QED) is 0.811. The van der Waals surface area contributed by atoms with E-state index in [1.54, 1.807) is 6.92 Å². The van der Waals surface area contributed by atoms with Crippen molar-refractivity contribution in [3.05, 3.63) is 35.9 Å². The Labute approximate surface area is 109 Å². The van der Waals surface area contributed by atoms with Crippen LogP contribution in [-0.2, 0) is 16.1 Å². The summed E-state index contributed by atoms with van der Waals surface area (Å²) in [6.07, 6.45) is 3.24. The first-order chi connectivity index (χ1) is 8.66. The predicted octanol–water partition coefficient (Wildman–Crippen LogP) is 3.60. The molecule has 0 heterocycles. The van der Waals surface area contributed by atoms with Crippen molar-refractivity contribution in [2.24, 2.45) is 11.8 Å². The SMILES string of the molecule is CC(=O)[C@@H]1CC[C@@H](C)C[C@H]1OCc1ccccc1. The molecule has 18 heavy (non-hydrogen) atoms. The van der Waals surface area contributed by atoms with Crippen LogP contribution in [0.25, 0.3) is 0 Å². The largest absolute Gasteiger partial charge is 0.373 e. The molecule has 0 spiro atoms. The molecule has 1 saturated carbocycles. The van der Waals surface area contributed by atoms with Crippen LogP contribution in [0.15, 0.2) is 30.3 Å². The summed E-state index contributed by atoms with van der Waals surface area (Å²) in [6.45, 7) is 4.55. The Morgan fingerprint density at radius 1 is 1.28 bits per heavy atom. The molecule has 2 rings (SSSR count). The summed E-state index contributed by atoms with van der Waals surface area (Å²) in [7, 11) is 0. The van der Waals surface area contributed by atoms with Crippen molar-refractivity contribution >= 4 is 5.78 Å². The third-order valence-electron chi connectivity index (χ3n) is 3.88. The fourth-order valence-corrected chi connectivity index (χ4v) is 2.76. The summed E-state index contributed by atoms with van der Waals surface area (Å²) in [5, 5.41) is 0. The van der Waals surface area contributed by atoms with Crippen LogP contribution in [-0.4, -0.2) is 11.9 Å². The Hall–Kier alpha value is -1.15. The predicted molar refractivity (Wildman–Crippen MR) is 72.2 cm³/mol. The molecule has 0 saturated heterocycles. The van der Waals surface area contributed by atoms with Crippen LogP contribution in [0.1, 0.15) is 38.7 Å². The maximum Gasteiger partial charge on any atom is 0.135 e. The number of carbonyl (C=O) groups excluding carboxylic acids is 1. The molecule has 2 nitrogen and oxygen atoms in total. The normalized spacial score (nSPS) is 28.0. The second-order valence-corrected chi connectivity index (χ2v) is 5.47.